The zero-order chi connectivity index (χ0) is 10.3. The standard InChI is InChI=1S/C9H5N5S/c15-9-12-7-8(13-14-9)11-6-4-2-1-3-5(6)10-7/h1-4H,(H,10,12,14,15). The Balaban J connectivity index is 2.53. The number of H-pyrrole nitrogens is 1. The number of hydrogen-bond donors (Lipinski definition) is 1. The van der Waals surface area contributed by atoms with E-state index in [0.29, 0.717) is 16.1 Å². The number of hydrogen-bond acceptors (Lipinski definition) is 5. The SMILES string of the molecule is S=c1nc2nc3ccccc3nc2n[nH]1. The van der Waals surface area contributed by atoms with Gasteiger partial charge in [-0.2, -0.15) is 4.98 Å². The minimum Gasteiger partial charge on any atom is -0.250 e. The highest BCUT2D eigenvalue weighted by atomic mass is 32.1. The van der Waals surface area contributed by atoms with Crippen molar-refractivity contribution < 1.29 is 0 Å². The lowest BCUT2D eigenvalue weighted by Crippen LogP contribution is -1.95. The average molecular weight is 215 g/mol. The van der Waals surface area contributed by atoms with E-state index in [-0.39, 0.29) is 0 Å². The van der Waals surface area contributed by atoms with Crippen molar-refractivity contribution in [1.82, 2.24) is 25.1 Å². The van der Waals surface area contributed by atoms with E-state index in [4.69, 9.17) is 12.2 Å². The molecule has 1 aromatic carbocycles. The van der Waals surface area contributed by atoms with E-state index < -0.39 is 0 Å². The van der Waals surface area contributed by atoms with Gasteiger partial charge < -0.3 is 0 Å². The first-order valence-electron chi connectivity index (χ1n) is 4.32. The largest absolute Gasteiger partial charge is 0.250 e. The van der Waals surface area contributed by atoms with Crippen LogP contribution in [0, 0.1) is 4.77 Å². The van der Waals surface area contributed by atoms with E-state index in [1.807, 2.05) is 24.3 Å². The zero-order valence-electron chi connectivity index (χ0n) is 7.51. The second kappa shape index (κ2) is 3.03. The van der Waals surface area contributed by atoms with Gasteiger partial charge in [0.15, 0.2) is 0 Å². The molecule has 2 heterocycles. The van der Waals surface area contributed by atoms with Gasteiger partial charge in [-0.1, -0.05) is 12.1 Å². The first kappa shape index (κ1) is 8.37. The van der Waals surface area contributed by atoms with Gasteiger partial charge in [0, 0.05) is 0 Å². The van der Waals surface area contributed by atoms with E-state index in [1.165, 1.54) is 0 Å². The lowest BCUT2D eigenvalue weighted by Gasteiger charge is -1.97. The maximum atomic E-state index is 4.87. The molecule has 3 rings (SSSR count). The fourth-order valence-corrected chi connectivity index (χ4v) is 1.49. The van der Waals surface area contributed by atoms with Gasteiger partial charge in [0.1, 0.15) is 0 Å². The summed E-state index contributed by atoms with van der Waals surface area (Å²) in [5.41, 5.74) is 2.53. The molecule has 0 amide bonds. The van der Waals surface area contributed by atoms with Crippen molar-refractivity contribution in [2.24, 2.45) is 0 Å². The molecule has 0 spiro atoms. The van der Waals surface area contributed by atoms with Crippen molar-refractivity contribution in [3.8, 4) is 0 Å². The molecule has 0 bridgehead atoms. The Kier molecular flexibility index (Phi) is 1.69. The van der Waals surface area contributed by atoms with Gasteiger partial charge >= 0.3 is 0 Å². The molecule has 0 aliphatic carbocycles. The molecule has 0 saturated heterocycles. The van der Waals surface area contributed by atoms with Gasteiger partial charge in [0.25, 0.3) is 0 Å². The average Bonchev–Trinajstić information content (AvgIpc) is 2.26. The fourth-order valence-electron chi connectivity index (χ4n) is 1.35. The van der Waals surface area contributed by atoms with E-state index in [0.717, 1.165) is 11.0 Å². The molecular formula is C9H5N5S. The Bertz CT molecular complexity index is 705. The Hall–Kier alpha value is -1.95. The summed E-state index contributed by atoms with van der Waals surface area (Å²) in [5, 5.41) is 6.56. The third-order valence-electron chi connectivity index (χ3n) is 2.00. The van der Waals surface area contributed by atoms with Crippen molar-refractivity contribution in [2.75, 3.05) is 0 Å². The van der Waals surface area contributed by atoms with E-state index >= 15 is 0 Å². The number of fused-ring (bicyclic) bond motifs is 2. The van der Waals surface area contributed by atoms with Gasteiger partial charge in [-0.15, -0.1) is 5.10 Å². The Morgan fingerprint density at radius 2 is 1.60 bits per heavy atom. The lowest BCUT2D eigenvalue weighted by molar-refractivity contribution is 0.975. The molecular weight excluding hydrogens is 210 g/mol. The molecule has 0 aliphatic rings. The maximum Gasteiger partial charge on any atom is 0.218 e. The van der Waals surface area contributed by atoms with Crippen LogP contribution in [0.25, 0.3) is 22.3 Å². The molecule has 5 nitrogen and oxygen atoms in total. The molecule has 0 fully saturated rings. The van der Waals surface area contributed by atoms with Gasteiger partial charge in [0.2, 0.25) is 16.1 Å². The predicted octanol–water partition coefficient (Wildman–Crippen LogP) is 1.63. The van der Waals surface area contributed by atoms with Crippen LogP contribution in [0.3, 0.4) is 0 Å². The van der Waals surface area contributed by atoms with Crippen molar-refractivity contribution in [2.45, 2.75) is 0 Å². The van der Waals surface area contributed by atoms with E-state index in [2.05, 4.69) is 25.1 Å². The van der Waals surface area contributed by atoms with Crippen LogP contribution in [-0.2, 0) is 0 Å². The number of nitrogens with zero attached hydrogens (tertiary/aromatic N) is 4. The number of aromatic nitrogens is 5. The number of benzene rings is 1. The lowest BCUT2D eigenvalue weighted by atomic mass is 10.3. The summed E-state index contributed by atoms with van der Waals surface area (Å²) in [6, 6.07) is 7.57. The predicted molar refractivity (Wildman–Crippen MR) is 57.8 cm³/mol. The smallest absolute Gasteiger partial charge is 0.218 e. The molecule has 3 aromatic rings. The van der Waals surface area contributed by atoms with Crippen molar-refractivity contribution in [3.05, 3.63) is 29.0 Å². The maximum absolute atomic E-state index is 4.87. The Morgan fingerprint density at radius 3 is 2.33 bits per heavy atom. The summed E-state index contributed by atoms with van der Waals surface area (Å²) in [7, 11) is 0. The second-order valence-corrected chi connectivity index (χ2v) is 3.39. The first-order chi connectivity index (χ1) is 7.33. The van der Waals surface area contributed by atoms with Crippen LogP contribution < -0.4 is 0 Å². The molecule has 1 N–H and O–H groups in total. The summed E-state index contributed by atoms with van der Waals surface area (Å²) in [6.07, 6.45) is 0. The van der Waals surface area contributed by atoms with Crippen LogP contribution in [0.1, 0.15) is 0 Å². The number of rotatable bonds is 0. The van der Waals surface area contributed by atoms with Crippen molar-refractivity contribution in [3.63, 3.8) is 0 Å². The number of aromatic amines is 1. The molecule has 6 heteroatoms. The van der Waals surface area contributed by atoms with Crippen molar-refractivity contribution >= 4 is 34.5 Å². The first-order valence-corrected chi connectivity index (χ1v) is 4.73. The highest BCUT2D eigenvalue weighted by Crippen LogP contribution is 2.11. The second-order valence-electron chi connectivity index (χ2n) is 3.00. The molecule has 0 radical (unpaired) electrons. The molecule has 15 heavy (non-hydrogen) atoms. The summed E-state index contributed by atoms with van der Waals surface area (Å²) in [6.45, 7) is 0. The fraction of sp³-hybridized carbons (Fsp3) is 0. The van der Waals surface area contributed by atoms with Crippen LogP contribution >= 0.6 is 12.2 Å². The Morgan fingerprint density at radius 1 is 0.933 bits per heavy atom. The normalized spacial score (nSPS) is 10.9. The van der Waals surface area contributed by atoms with Gasteiger partial charge in [0.05, 0.1) is 11.0 Å². The van der Waals surface area contributed by atoms with Crippen LogP contribution in [0.2, 0.25) is 0 Å². The highest BCUT2D eigenvalue weighted by molar-refractivity contribution is 7.71. The third kappa shape index (κ3) is 1.35. The summed E-state index contributed by atoms with van der Waals surface area (Å²) >= 11 is 4.87. The molecule has 0 unspecified atom stereocenters. The van der Waals surface area contributed by atoms with Crippen molar-refractivity contribution in [1.29, 1.82) is 0 Å². The van der Waals surface area contributed by atoms with Crippen LogP contribution in [-0.4, -0.2) is 25.1 Å². The number of para-hydroxylation sites is 2. The monoisotopic (exact) mass is 215 g/mol. The molecule has 0 saturated carbocycles. The topological polar surface area (TPSA) is 67.3 Å². The summed E-state index contributed by atoms with van der Waals surface area (Å²) in [5.74, 6) is 0. The minimum atomic E-state index is 0.312. The van der Waals surface area contributed by atoms with Crippen LogP contribution in [0.4, 0.5) is 0 Å². The minimum absolute atomic E-state index is 0.312. The highest BCUT2D eigenvalue weighted by Gasteiger charge is 2.02. The van der Waals surface area contributed by atoms with E-state index in [9.17, 15) is 0 Å². The molecule has 2 aromatic heterocycles. The molecule has 0 aliphatic heterocycles. The van der Waals surface area contributed by atoms with Gasteiger partial charge in [-0.05, 0) is 24.4 Å². The van der Waals surface area contributed by atoms with E-state index in [1.54, 1.807) is 0 Å². The molecule has 72 valence electrons. The van der Waals surface area contributed by atoms with Gasteiger partial charge in [-0.25, -0.2) is 15.1 Å². The van der Waals surface area contributed by atoms with Crippen LogP contribution in [0.15, 0.2) is 24.3 Å². The zero-order valence-corrected chi connectivity index (χ0v) is 8.32. The quantitative estimate of drug-likeness (QED) is 0.456. The third-order valence-corrected chi connectivity index (χ3v) is 2.18. The Labute approximate surface area is 89.2 Å². The summed E-state index contributed by atoms with van der Waals surface area (Å²) < 4.78 is 0.312. The summed E-state index contributed by atoms with van der Waals surface area (Å²) in [4.78, 5) is 12.7. The van der Waals surface area contributed by atoms with Gasteiger partial charge in [-0.3, -0.25) is 0 Å². The number of nitrogens with one attached hydrogen (secondary N) is 1. The molecule has 0 atom stereocenters. The van der Waals surface area contributed by atoms with Crippen LogP contribution in [0.5, 0.6) is 0 Å².